The Hall–Kier alpha value is -1.56. The number of hydrogen-bond acceptors (Lipinski definition) is 4. The molecule has 1 saturated carbocycles. The van der Waals surface area contributed by atoms with Gasteiger partial charge in [0.05, 0.1) is 6.54 Å². The van der Waals surface area contributed by atoms with E-state index in [2.05, 4.69) is 15.7 Å². The van der Waals surface area contributed by atoms with Crippen molar-refractivity contribution in [2.75, 3.05) is 6.54 Å². The van der Waals surface area contributed by atoms with E-state index in [0.717, 1.165) is 38.8 Å². The first kappa shape index (κ1) is 16.8. The predicted octanol–water partition coefficient (Wildman–Crippen LogP) is 2.31. The summed E-state index contributed by atoms with van der Waals surface area (Å²) in [6.45, 7) is 7.41. The number of rotatable bonds is 5. The molecule has 2 N–H and O–H groups in total. The van der Waals surface area contributed by atoms with Crippen LogP contribution in [0, 0.1) is 0 Å². The molecule has 0 aromatic carbocycles. The first-order valence-corrected chi connectivity index (χ1v) is 8.13. The molecule has 1 aliphatic rings. The normalized spacial score (nSPS) is 22.3. The molecule has 6 nitrogen and oxygen atoms in total. The molecule has 1 aromatic rings. The summed E-state index contributed by atoms with van der Waals surface area (Å²) >= 11 is 0. The highest BCUT2D eigenvalue weighted by Crippen LogP contribution is 2.19. The number of ether oxygens (including phenoxy) is 1. The maximum absolute atomic E-state index is 11.8. The quantitative estimate of drug-likeness (QED) is 0.876. The van der Waals surface area contributed by atoms with E-state index >= 15 is 0 Å². The van der Waals surface area contributed by atoms with Gasteiger partial charge in [0.2, 0.25) is 0 Å². The average molecular weight is 308 g/mol. The highest BCUT2D eigenvalue weighted by molar-refractivity contribution is 5.68. The van der Waals surface area contributed by atoms with Crippen LogP contribution < -0.4 is 10.6 Å². The lowest BCUT2D eigenvalue weighted by atomic mass is 9.91. The number of nitrogens with zero attached hydrogens (tertiary/aromatic N) is 2. The number of carbonyl (C=O) groups is 1. The molecule has 0 aliphatic heterocycles. The van der Waals surface area contributed by atoms with Crippen LogP contribution in [0.25, 0.3) is 0 Å². The Morgan fingerprint density at radius 3 is 2.82 bits per heavy atom. The van der Waals surface area contributed by atoms with E-state index in [-0.39, 0.29) is 12.1 Å². The van der Waals surface area contributed by atoms with Crippen LogP contribution in [0.1, 0.15) is 46.5 Å². The van der Waals surface area contributed by atoms with E-state index in [4.69, 9.17) is 4.74 Å². The topological polar surface area (TPSA) is 68.2 Å². The van der Waals surface area contributed by atoms with E-state index in [0.29, 0.717) is 6.04 Å². The number of aromatic nitrogens is 2. The second kappa shape index (κ2) is 7.63. The first-order valence-electron chi connectivity index (χ1n) is 8.13. The zero-order chi connectivity index (χ0) is 16.0. The Bertz CT molecular complexity index is 453. The Balaban J connectivity index is 1.68. The van der Waals surface area contributed by atoms with Crippen LogP contribution >= 0.6 is 0 Å². The van der Waals surface area contributed by atoms with Gasteiger partial charge in [-0.1, -0.05) is 0 Å². The van der Waals surface area contributed by atoms with Crippen molar-refractivity contribution in [1.29, 1.82) is 0 Å². The molecule has 6 heteroatoms. The van der Waals surface area contributed by atoms with Crippen LogP contribution in [-0.2, 0) is 11.3 Å². The van der Waals surface area contributed by atoms with Gasteiger partial charge in [0.15, 0.2) is 0 Å². The number of hydrogen-bond donors (Lipinski definition) is 2. The summed E-state index contributed by atoms with van der Waals surface area (Å²) in [5, 5.41) is 10.7. The second-order valence-corrected chi connectivity index (χ2v) is 6.93. The van der Waals surface area contributed by atoms with Crippen molar-refractivity contribution in [3.05, 3.63) is 18.5 Å². The Morgan fingerprint density at radius 2 is 2.14 bits per heavy atom. The summed E-state index contributed by atoms with van der Waals surface area (Å²) in [7, 11) is 0. The SMILES string of the molecule is CC(C)(C)OC(=O)NC1CCCC(NCCn2cccn2)C1. The number of amides is 1. The van der Waals surface area contributed by atoms with Crippen LogP contribution in [0.4, 0.5) is 4.79 Å². The molecule has 1 heterocycles. The predicted molar refractivity (Wildman–Crippen MR) is 85.6 cm³/mol. The highest BCUT2D eigenvalue weighted by Gasteiger charge is 2.25. The van der Waals surface area contributed by atoms with Crippen molar-refractivity contribution in [1.82, 2.24) is 20.4 Å². The maximum atomic E-state index is 11.8. The number of nitrogens with one attached hydrogen (secondary N) is 2. The van der Waals surface area contributed by atoms with Gasteiger partial charge in [-0.2, -0.15) is 5.10 Å². The summed E-state index contributed by atoms with van der Waals surface area (Å²) in [5.74, 6) is 0. The summed E-state index contributed by atoms with van der Waals surface area (Å²) < 4.78 is 7.25. The van der Waals surface area contributed by atoms with Crippen molar-refractivity contribution < 1.29 is 9.53 Å². The van der Waals surface area contributed by atoms with Crippen molar-refractivity contribution in [2.24, 2.45) is 0 Å². The molecule has 1 aliphatic carbocycles. The molecule has 22 heavy (non-hydrogen) atoms. The lowest BCUT2D eigenvalue weighted by molar-refractivity contribution is 0.0488. The fourth-order valence-electron chi connectivity index (χ4n) is 2.80. The van der Waals surface area contributed by atoms with Gasteiger partial charge in [0, 0.05) is 31.0 Å². The van der Waals surface area contributed by atoms with Crippen LogP contribution in [0.2, 0.25) is 0 Å². The molecule has 124 valence electrons. The van der Waals surface area contributed by atoms with Crippen molar-refractivity contribution in [2.45, 2.75) is 70.7 Å². The van der Waals surface area contributed by atoms with E-state index in [1.807, 2.05) is 37.7 Å². The molecule has 0 spiro atoms. The van der Waals surface area contributed by atoms with Gasteiger partial charge in [-0.3, -0.25) is 4.68 Å². The highest BCUT2D eigenvalue weighted by atomic mass is 16.6. The third-order valence-corrected chi connectivity index (χ3v) is 3.73. The van der Waals surface area contributed by atoms with Crippen molar-refractivity contribution in [3.63, 3.8) is 0 Å². The van der Waals surface area contributed by atoms with Crippen LogP contribution in [-0.4, -0.2) is 40.1 Å². The fraction of sp³-hybridized carbons (Fsp3) is 0.750. The molecule has 2 atom stereocenters. The molecular weight excluding hydrogens is 280 g/mol. The van der Waals surface area contributed by atoms with Crippen LogP contribution in [0.3, 0.4) is 0 Å². The fourth-order valence-corrected chi connectivity index (χ4v) is 2.80. The van der Waals surface area contributed by atoms with Crippen molar-refractivity contribution >= 4 is 6.09 Å². The molecule has 2 unspecified atom stereocenters. The molecule has 1 aromatic heterocycles. The monoisotopic (exact) mass is 308 g/mol. The van der Waals surface area contributed by atoms with E-state index < -0.39 is 5.60 Å². The number of alkyl carbamates (subject to hydrolysis) is 1. The Kier molecular flexibility index (Phi) is 5.83. The Labute approximate surface area is 132 Å². The molecule has 0 bridgehead atoms. The minimum Gasteiger partial charge on any atom is -0.444 e. The molecule has 0 radical (unpaired) electrons. The van der Waals surface area contributed by atoms with Crippen LogP contribution in [0.5, 0.6) is 0 Å². The molecule has 0 saturated heterocycles. The molecular formula is C16H28N4O2. The minimum absolute atomic E-state index is 0.200. The lowest BCUT2D eigenvalue weighted by Gasteiger charge is -2.31. The van der Waals surface area contributed by atoms with Gasteiger partial charge < -0.3 is 15.4 Å². The molecule has 2 rings (SSSR count). The summed E-state index contributed by atoms with van der Waals surface area (Å²) in [6.07, 6.45) is 7.71. The zero-order valence-electron chi connectivity index (χ0n) is 13.8. The largest absolute Gasteiger partial charge is 0.444 e. The van der Waals surface area contributed by atoms with Crippen LogP contribution in [0.15, 0.2) is 18.5 Å². The summed E-state index contributed by atoms with van der Waals surface area (Å²) in [4.78, 5) is 11.8. The van der Waals surface area contributed by atoms with E-state index in [1.54, 1.807) is 6.20 Å². The zero-order valence-corrected chi connectivity index (χ0v) is 13.8. The third kappa shape index (κ3) is 6.05. The molecule has 1 fully saturated rings. The first-order chi connectivity index (χ1) is 10.4. The average Bonchev–Trinajstić information content (AvgIpc) is 2.90. The minimum atomic E-state index is -0.444. The van der Waals surface area contributed by atoms with E-state index in [9.17, 15) is 4.79 Å². The summed E-state index contributed by atoms with van der Waals surface area (Å²) in [5.41, 5.74) is -0.444. The van der Waals surface area contributed by atoms with Gasteiger partial charge in [0.1, 0.15) is 5.60 Å². The van der Waals surface area contributed by atoms with Crippen molar-refractivity contribution in [3.8, 4) is 0 Å². The van der Waals surface area contributed by atoms with Gasteiger partial charge >= 0.3 is 6.09 Å². The van der Waals surface area contributed by atoms with Gasteiger partial charge in [0.25, 0.3) is 0 Å². The second-order valence-electron chi connectivity index (χ2n) is 6.93. The molecule has 1 amide bonds. The van der Waals surface area contributed by atoms with Gasteiger partial charge in [-0.05, 0) is 52.5 Å². The van der Waals surface area contributed by atoms with Gasteiger partial charge in [-0.15, -0.1) is 0 Å². The standard InChI is InChI=1S/C16H28N4O2/c1-16(2,3)22-15(21)19-14-7-4-6-13(12-14)17-9-11-20-10-5-8-18-20/h5,8,10,13-14,17H,4,6-7,9,11-12H2,1-3H3,(H,19,21). The summed E-state index contributed by atoms with van der Waals surface area (Å²) in [6, 6.07) is 2.58. The van der Waals surface area contributed by atoms with E-state index in [1.165, 1.54) is 0 Å². The third-order valence-electron chi connectivity index (χ3n) is 3.73. The smallest absolute Gasteiger partial charge is 0.407 e. The Morgan fingerprint density at radius 1 is 1.36 bits per heavy atom. The maximum Gasteiger partial charge on any atom is 0.407 e. The van der Waals surface area contributed by atoms with Gasteiger partial charge in [-0.25, -0.2) is 4.79 Å². The lowest BCUT2D eigenvalue weighted by Crippen LogP contribution is -2.46. The number of carbonyl (C=O) groups excluding carboxylic acids is 1.